The van der Waals surface area contributed by atoms with Crippen LogP contribution in [0.4, 0.5) is 5.82 Å². The Morgan fingerprint density at radius 1 is 1.40 bits per heavy atom. The first kappa shape index (κ1) is 9.92. The average molecular weight is 224 g/mol. The Labute approximate surface area is 92.1 Å². The van der Waals surface area contributed by atoms with Gasteiger partial charge in [0.2, 0.25) is 0 Å². The zero-order valence-electron chi connectivity index (χ0n) is 8.18. The maximum absolute atomic E-state index is 5.62. The van der Waals surface area contributed by atoms with Gasteiger partial charge >= 0.3 is 0 Å². The summed E-state index contributed by atoms with van der Waals surface area (Å²) in [5, 5.41) is 15.2. The van der Waals surface area contributed by atoms with Crippen LogP contribution < -0.4 is 5.32 Å². The largest absolute Gasteiger partial charge is 0.364 e. The van der Waals surface area contributed by atoms with Crippen LogP contribution in [0.2, 0.25) is 5.15 Å². The molecule has 2 aromatic heterocycles. The van der Waals surface area contributed by atoms with Crippen molar-refractivity contribution in [3.63, 3.8) is 0 Å². The highest BCUT2D eigenvalue weighted by Crippen LogP contribution is 2.07. The van der Waals surface area contributed by atoms with E-state index in [1.807, 2.05) is 13.2 Å². The molecule has 5 nitrogen and oxygen atoms in total. The number of hydrogen-bond acceptors (Lipinski definition) is 4. The van der Waals surface area contributed by atoms with Crippen LogP contribution in [0.1, 0.15) is 5.56 Å². The van der Waals surface area contributed by atoms with Crippen molar-refractivity contribution in [3.05, 3.63) is 35.2 Å². The number of halogens is 1. The maximum Gasteiger partial charge on any atom is 0.151 e. The van der Waals surface area contributed by atoms with Gasteiger partial charge in [-0.05, 0) is 12.1 Å². The molecule has 0 spiro atoms. The molecule has 0 fully saturated rings. The van der Waals surface area contributed by atoms with Crippen LogP contribution in [0.25, 0.3) is 0 Å². The van der Waals surface area contributed by atoms with Crippen molar-refractivity contribution in [2.75, 3.05) is 5.32 Å². The summed E-state index contributed by atoms with van der Waals surface area (Å²) in [6.45, 7) is 0.671. The normalized spacial score (nSPS) is 10.3. The van der Waals surface area contributed by atoms with Crippen LogP contribution >= 0.6 is 11.6 Å². The van der Waals surface area contributed by atoms with Gasteiger partial charge in [0.05, 0.1) is 6.20 Å². The first-order valence-corrected chi connectivity index (χ1v) is 4.82. The molecule has 0 aliphatic carbocycles. The van der Waals surface area contributed by atoms with E-state index in [1.54, 1.807) is 23.0 Å². The zero-order chi connectivity index (χ0) is 10.7. The Hall–Kier alpha value is -1.62. The molecule has 0 aliphatic heterocycles. The fourth-order valence-electron chi connectivity index (χ4n) is 1.17. The van der Waals surface area contributed by atoms with E-state index in [9.17, 15) is 0 Å². The quantitative estimate of drug-likeness (QED) is 0.856. The molecule has 0 atom stereocenters. The molecule has 0 unspecified atom stereocenters. The van der Waals surface area contributed by atoms with Crippen molar-refractivity contribution >= 4 is 17.4 Å². The lowest BCUT2D eigenvalue weighted by Crippen LogP contribution is -2.01. The number of hydrogen-bond donors (Lipinski definition) is 1. The Balaban J connectivity index is 1.96. The van der Waals surface area contributed by atoms with Crippen LogP contribution in [0.15, 0.2) is 24.5 Å². The minimum Gasteiger partial charge on any atom is -0.364 e. The second kappa shape index (κ2) is 4.27. The summed E-state index contributed by atoms with van der Waals surface area (Å²) < 4.78 is 1.75. The molecule has 2 heterocycles. The lowest BCUT2D eigenvalue weighted by atomic mass is 10.3. The summed E-state index contributed by atoms with van der Waals surface area (Å²) in [4.78, 5) is 0. The van der Waals surface area contributed by atoms with E-state index in [0.29, 0.717) is 17.5 Å². The summed E-state index contributed by atoms with van der Waals surface area (Å²) in [7, 11) is 1.88. The highest BCUT2D eigenvalue weighted by Gasteiger charge is 1.97. The topological polar surface area (TPSA) is 55.6 Å². The fraction of sp³-hybridized carbons (Fsp3) is 0.222. The van der Waals surface area contributed by atoms with E-state index < -0.39 is 0 Å². The predicted molar refractivity (Wildman–Crippen MR) is 57.6 cm³/mol. The summed E-state index contributed by atoms with van der Waals surface area (Å²) in [5.41, 5.74) is 1.09. The third kappa shape index (κ3) is 2.66. The number of nitrogens with one attached hydrogen (secondary N) is 1. The predicted octanol–water partition coefficient (Wildman–Crippen LogP) is 1.48. The van der Waals surface area contributed by atoms with Crippen molar-refractivity contribution in [1.29, 1.82) is 0 Å². The van der Waals surface area contributed by atoms with Gasteiger partial charge in [0.15, 0.2) is 5.15 Å². The molecule has 0 saturated carbocycles. The number of aromatic nitrogens is 4. The maximum atomic E-state index is 5.62. The minimum atomic E-state index is 0.391. The van der Waals surface area contributed by atoms with Crippen LogP contribution in [-0.4, -0.2) is 20.0 Å². The van der Waals surface area contributed by atoms with Crippen LogP contribution in [0, 0.1) is 0 Å². The first-order valence-electron chi connectivity index (χ1n) is 4.44. The Morgan fingerprint density at radius 3 is 2.87 bits per heavy atom. The summed E-state index contributed by atoms with van der Waals surface area (Å²) in [6, 6.07) is 3.48. The van der Waals surface area contributed by atoms with Gasteiger partial charge in [-0.15, -0.1) is 10.2 Å². The SMILES string of the molecule is Cn1cc(CNc2ccc(Cl)nn2)cn1. The molecule has 1 N–H and O–H groups in total. The van der Waals surface area contributed by atoms with Crippen molar-refractivity contribution in [1.82, 2.24) is 20.0 Å². The molecule has 15 heavy (non-hydrogen) atoms. The van der Waals surface area contributed by atoms with Gasteiger partial charge in [0.25, 0.3) is 0 Å². The third-order valence-electron chi connectivity index (χ3n) is 1.86. The molecule has 78 valence electrons. The van der Waals surface area contributed by atoms with E-state index in [-0.39, 0.29) is 0 Å². The Kier molecular flexibility index (Phi) is 2.82. The van der Waals surface area contributed by atoms with Gasteiger partial charge in [-0.1, -0.05) is 11.6 Å². The van der Waals surface area contributed by atoms with E-state index in [1.165, 1.54) is 0 Å². The first-order chi connectivity index (χ1) is 7.24. The monoisotopic (exact) mass is 223 g/mol. The zero-order valence-corrected chi connectivity index (χ0v) is 8.94. The van der Waals surface area contributed by atoms with Crippen LogP contribution in [-0.2, 0) is 13.6 Å². The van der Waals surface area contributed by atoms with Gasteiger partial charge in [-0.2, -0.15) is 5.10 Å². The lowest BCUT2D eigenvalue weighted by Gasteiger charge is -2.01. The average Bonchev–Trinajstić information content (AvgIpc) is 2.64. The smallest absolute Gasteiger partial charge is 0.151 e. The number of anilines is 1. The molecule has 0 aromatic carbocycles. The lowest BCUT2D eigenvalue weighted by molar-refractivity contribution is 0.767. The molecular formula is C9H10ClN5. The fourth-order valence-corrected chi connectivity index (χ4v) is 1.27. The Bertz CT molecular complexity index is 436. The van der Waals surface area contributed by atoms with Gasteiger partial charge < -0.3 is 5.32 Å². The number of rotatable bonds is 3. The van der Waals surface area contributed by atoms with E-state index >= 15 is 0 Å². The molecule has 0 bridgehead atoms. The van der Waals surface area contributed by atoms with E-state index in [4.69, 9.17) is 11.6 Å². The summed E-state index contributed by atoms with van der Waals surface area (Å²) >= 11 is 5.62. The molecule has 0 aliphatic rings. The van der Waals surface area contributed by atoms with Gasteiger partial charge in [-0.25, -0.2) is 0 Å². The summed E-state index contributed by atoms with van der Waals surface area (Å²) in [5.74, 6) is 0.697. The molecule has 6 heteroatoms. The second-order valence-electron chi connectivity index (χ2n) is 3.12. The molecule has 0 amide bonds. The van der Waals surface area contributed by atoms with Crippen LogP contribution in [0.3, 0.4) is 0 Å². The molecular weight excluding hydrogens is 214 g/mol. The van der Waals surface area contributed by atoms with E-state index in [0.717, 1.165) is 5.56 Å². The highest BCUT2D eigenvalue weighted by molar-refractivity contribution is 6.29. The Morgan fingerprint density at radius 2 is 2.27 bits per heavy atom. The highest BCUT2D eigenvalue weighted by atomic mass is 35.5. The summed E-state index contributed by atoms with van der Waals surface area (Å²) in [6.07, 6.45) is 3.74. The third-order valence-corrected chi connectivity index (χ3v) is 2.07. The van der Waals surface area contributed by atoms with Gasteiger partial charge in [0, 0.05) is 25.4 Å². The van der Waals surface area contributed by atoms with Crippen molar-refractivity contribution < 1.29 is 0 Å². The van der Waals surface area contributed by atoms with Crippen LogP contribution in [0.5, 0.6) is 0 Å². The number of aryl methyl sites for hydroxylation is 1. The molecule has 0 radical (unpaired) electrons. The second-order valence-corrected chi connectivity index (χ2v) is 3.50. The van der Waals surface area contributed by atoms with E-state index in [2.05, 4.69) is 20.6 Å². The number of nitrogens with zero attached hydrogens (tertiary/aromatic N) is 4. The standard InChI is InChI=1S/C9H10ClN5/c1-15-6-7(5-12-15)4-11-9-3-2-8(10)13-14-9/h2-3,5-6H,4H2,1H3,(H,11,14). The van der Waals surface area contributed by atoms with Gasteiger partial charge in [0.1, 0.15) is 5.82 Å². The van der Waals surface area contributed by atoms with Gasteiger partial charge in [-0.3, -0.25) is 4.68 Å². The minimum absolute atomic E-state index is 0.391. The van der Waals surface area contributed by atoms with Crippen molar-refractivity contribution in [3.8, 4) is 0 Å². The molecule has 2 aromatic rings. The van der Waals surface area contributed by atoms with Crippen molar-refractivity contribution in [2.45, 2.75) is 6.54 Å². The van der Waals surface area contributed by atoms with Crippen molar-refractivity contribution in [2.24, 2.45) is 7.05 Å². The molecule has 0 saturated heterocycles. The molecule has 2 rings (SSSR count).